The van der Waals surface area contributed by atoms with Crippen molar-refractivity contribution < 1.29 is 19.1 Å². The summed E-state index contributed by atoms with van der Waals surface area (Å²) < 4.78 is 12.6. The van der Waals surface area contributed by atoms with Crippen molar-refractivity contribution in [1.29, 1.82) is 0 Å². The van der Waals surface area contributed by atoms with Gasteiger partial charge in [-0.05, 0) is 70.0 Å². The molecule has 0 aliphatic carbocycles. The van der Waals surface area contributed by atoms with Crippen LogP contribution in [0.3, 0.4) is 0 Å². The SMILES string of the molecule is COc1ccc2c(c1)cc(-c1ccc(N3CCC(C(N)=O)CC3)nc1)n2C(=O)OC(C)(C)C. The highest BCUT2D eigenvalue weighted by atomic mass is 16.6. The zero-order valence-corrected chi connectivity index (χ0v) is 19.5. The molecule has 1 amide bonds. The molecule has 8 nitrogen and oxygen atoms in total. The molecule has 1 fully saturated rings. The molecule has 174 valence electrons. The van der Waals surface area contributed by atoms with Gasteiger partial charge in [-0.1, -0.05) is 0 Å². The highest BCUT2D eigenvalue weighted by Gasteiger charge is 2.25. The Kier molecular flexibility index (Phi) is 6.01. The number of carbonyl (C=O) groups excluding carboxylic acids is 2. The minimum atomic E-state index is -0.628. The molecule has 3 aromatic rings. The fraction of sp³-hybridized carbons (Fsp3) is 0.400. The number of fused-ring (bicyclic) bond motifs is 1. The molecule has 0 bridgehead atoms. The zero-order chi connectivity index (χ0) is 23.8. The van der Waals surface area contributed by atoms with Crippen molar-refractivity contribution >= 4 is 28.7 Å². The first-order chi connectivity index (χ1) is 15.7. The summed E-state index contributed by atoms with van der Waals surface area (Å²) in [6, 6.07) is 11.4. The Morgan fingerprint density at radius 3 is 2.39 bits per heavy atom. The summed E-state index contributed by atoms with van der Waals surface area (Å²) in [5.74, 6) is 1.25. The first-order valence-electron chi connectivity index (χ1n) is 11.1. The van der Waals surface area contributed by atoms with Gasteiger partial charge >= 0.3 is 6.09 Å². The van der Waals surface area contributed by atoms with Gasteiger partial charge in [-0.3, -0.25) is 4.79 Å². The molecule has 1 aromatic carbocycles. The number of pyridine rings is 1. The third-order valence-electron chi connectivity index (χ3n) is 5.85. The second kappa shape index (κ2) is 8.77. The number of carbonyl (C=O) groups is 2. The van der Waals surface area contributed by atoms with E-state index >= 15 is 0 Å². The molecule has 0 atom stereocenters. The first kappa shape index (κ1) is 22.6. The van der Waals surface area contributed by atoms with E-state index in [4.69, 9.17) is 15.2 Å². The maximum Gasteiger partial charge on any atom is 0.419 e. The molecule has 0 radical (unpaired) electrons. The number of ether oxygens (including phenoxy) is 2. The Bertz CT molecular complexity index is 1170. The molecule has 33 heavy (non-hydrogen) atoms. The van der Waals surface area contributed by atoms with Gasteiger partial charge in [0, 0.05) is 36.2 Å². The summed E-state index contributed by atoms with van der Waals surface area (Å²) in [6.45, 7) is 7.00. The Labute approximate surface area is 193 Å². The fourth-order valence-electron chi connectivity index (χ4n) is 4.15. The number of aromatic nitrogens is 2. The van der Waals surface area contributed by atoms with Crippen LogP contribution in [0.1, 0.15) is 33.6 Å². The van der Waals surface area contributed by atoms with Gasteiger partial charge in [0.2, 0.25) is 5.91 Å². The third-order valence-corrected chi connectivity index (χ3v) is 5.85. The van der Waals surface area contributed by atoms with Crippen LogP contribution in [0, 0.1) is 5.92 Å². The lowest BCUT2D eigenvalue weighted by Gasteiger charge is -2.31. The van der Waals surface area contributed by atoms with Crippen LogP contribution >= 0.6 is 0 Å². The van der Waals surface area contributed by atoms with E-state index in [2.05, 4.69) is 9.88 Å². The number of rotatable bonds is 4. The summed E-state index contributed by atoms with van der Waals surface area (Å²) in [4.78, 5) is 31.4. The minimum Gasteiger partial charge on any atom is -0.497 e. The van der Waals surface area contributed by atoms with Crippen LogP contribution in [0.5, 0.6) is 5.75 Å². The zero-order valence-electron chi connectivity index (χ0n) is 19.5. The molecule has 2 N–H and O–H groups in total. The van der Waals surface area contributed by atoms with Gasteiger partial charge in [0.15, 0.2) is 0 Å². The highest BCUT2D eigenvalue weighted by molar-refractivity contribution is 5.96. The van der Waals surface area contributed by atoms with Crippen molar-refractivity contribution in [2.45, 2.75) is 39.2 Å². The lowest BCUT2D eigenvalue weighted by atomic mass is 9.96. The first-order valence-corrected chi connectivity index (χ1v) is 11.1. The van der Waals surface area contributed by atoms with Gasteiger partial charge in [0.1, 0.15) is 17.2 Å². The minimum absolute atomic E-state index is 0.0675. The maximum absolute atomic E-state index is 13.1. The van der Waals surface area contributed by atoms with Gasteiger partial charge in [0.25, 0.3) is 0 Å². The van der Waals surface area contributed by atoms with Gasteiger partial charge in [0.05, 0.1) is 18.3 Å². The smallest absolute Gasteiger partial charge is 0.419 e. The molecular weight excluding hydrogens is 420 g/mol. The van der Waals surface area contributed by atoms with Crippen LogP contribution < -0.4 is 15.4 Å². The predicted octanol–water partition coefficient (Wildman–Crippen LogP) is 4.20. The second-order valence-corrected chi connectivity index (χ2v) is 9.34. The molecule has 0 unspecified atom stereocenters. The van der Waals surface area contributed by atoms with Crippen molar-refractivity contribution in [3.05, 3.63) is 42.6 Å². The molecule has 3 heterocycles. The van der Waals surface area contributed by atoms with Crippen LogP contribution in [-0.4, -0.2) is 47.4 Å². The van der Waals surface area contributed by atoms with Gasteiger partial charge in [-0.15, -0.1) is 0 Å². The van der Waals surface area contributed by atoms with E-state index in [1.807, 2.05) is 57.2 Å². The van der Waals surface area contributed by atoms with E-state index < -0.39 is 11.7 Å². The average Bonchev–Trinajstić information content (AvgIpc) is 3.17. The number of hydrogen-bond acceptors (Lipinski definition) is 6. The van der Waals surface area contributed by atoms with Crippen molar-refractivity contribution in [3.8, 4) is 17.0 Å². The normalized spacial score (nSPS) is 15.0. The molecule has 2 aromatic heterocycles. The van der Waals surface area contributed by atoms with E-state index in [9.17, 15) is 9.59 Å². The van der Waals surface area contributed by atoms with Crippen LogP contribution in [-0.2, 0) is 9.53 Å². The number of piperidine rings is 1. The Hall–Kier alpha value is -3.55. The largest absolute Gasteiger partial charge is 0.497 e. The Morgan fingerprint density at radius 1 is 1.09 bits per heavy atom. The number of hydrogen-bond donors (Lipinski definition) is 1. The summed E-state index contributed by atoms with van der Waals surface area (Å²) in [5, 5.41) is 0.868. The maximum atomic E-state index is 13.1. The number of nitrogens with two attached hydrogens (primary N) is 1. The molecule has 1 saturated heterocycles. The number of benzene rings is 1. The van der Waals surface area contributed by atoms with Crippen LogP contribution in [0.25, 0.3) is 22.2 Å². The van der Waals surface area contributed by atoms with Gasteiger partial charge < -0.3 is 20.1 Å². The molecule has 0 saturated carbocycles. The summed E-state index contributed by atoms with van der Waals surface area (Å²) in [5.41, 5.74) is 7.04. The third kappa shape index (κ3) is 4.79. The van der Waals surface area contributed by atoms with Crippen molar-refractivity contribution in [2.24, 2.45) is 11.7 Å². The second-order valence-electron chi connectivity index (χ2n) is 9.34. The molecule has 0 spiro atoms. The van der Waals surface area contributed by atoms with Gasteiger partial charge in [-0.2, -0.15) is 0 Å². The Balaban J connectivity index is 1.67. The summed E-state index contributed by atoms with van der Waals surface area (Å²) in [7, 11) is 1.61. The van der Waals surface area contributed by atoms with Crippen molar-refractivity contribution in [3.63, 3.8) is 0 Å². The van der Waals surface area contributed by atoms with E-state index in [-0.39, 0.29) is 11.8 Å². The average molecular weight is 451 g/mol. The van der Waals surface area contributed by atoms with Crippen LogP contribution in [0.4, 0.5) is 10.6 Å². The summed E-state index contributed by atoms with van der Waals surface area (Å²) in [6.07, 6.45) is 2.78. The van der Waals surface area contributed by atoms with Crippen molar-refractivity contribution in [1.82, 2.24) is 9.55 Å². The number of amides is 1. The van der Waals surface area contributed by atoms with Crippen LogP contribution in [0.15, 0.2) is 42.6 Å². The molecule has 4 rings (SSSR count). The van der Waals surface area contributed by atoms with E-state index in [0.717, 1.165) is 48.2 Å². The van der Waals surface area contributed by atoms with E-state index in [1.165, 1.54) is 0 Å². The topological polar surface area (TPSA) is 99.7 Å². The van der Waals surface area contributed by atoms with E-state index in [1.54, 1.807) is 17.9 Å². The fourth-order valence-corrected chi connectivity index (χ4v) is 4.15. The molecular formula is C25H30N4O4. The Morgan fingerprint density at radius 2 is 1.82 bits per heavy atom. The number of methoxy groups -OCH3 is 1. The quantitative estimate of drug-likeness (QED) is 0.640. The standard InChI is InChI=1S/C25H30N4O4/c1-25(2,3)33-24(31)29-20-7-6-19(32-4)13-18(20)14-21(29)17-5-8-22(27-15-17)28-11-9-16(10-12-28)23(26)30/h5-8,13-16H,9-12H2,1-4H3,(H2,26,30). The van der Waals surface area contributed by atoms with Crippen molar-refractivity contribution in [2.75, 3.05) is 25.1 Å². The van der Waals surface area contributed by atoms with E-state index in [0.29, 0.717) is 11.4 Å². The summed E-state index contributed by atoms with van der Waals surface area (Å²) >= 11 is 0. The monoisotopic (exact) mass is 450 g/mol. The van der Waals surface area contributed by atoms with Gasteiger partial charge in [-0.25, -0.2) is 14.3 Å². The molecule has 1 aliphatic rings. The molecule has 8 heteroatoms. The lowest BCUT2D eigenvalue weighted by Crippen LogP contribution is -2.38. The highest BCUT2D eigenvalue weighted by Crippen LogP contribution is 2.32. The lowest BCUT2D eigenvalue weighted by molar-refractivity contribution is -0.122. The van der Waals surface area contributed by atoms with Crippen LogP contribution in [0.2, 0.25) is 0 Å². The number of anilines is 1. The number of nitrogens with zero attached hydrogens (tertiary/aromatic N) is 3. The molecule has 1 aliphatic heterocycles. The number of primary amides is 1. The predicted molar refractivity (Wildman–Crippen MR) is 127 cm³/mol.